The highest BCUT2D eigenvalue weighted by Gasteiger charge is 2.15. The van der Waals surface area contributed by atoms with E-state index in [0.29, 0.717) is 30.2 Å². The Morgan fingerprint density at radius 1 is 1.09 bits per heavy atom. The van der Waals surface area contributed by atoms with E-state index in [4.69, 9.17) is 9.47 Å². The fourth-order valence-corrected chi connectivity index (χ4v) is 3.31. The molecule has 1 N–H and O–H groups in total. The number of aromatic nitrogens is 5. The number of nitrogens with zero attached hydrogens (tertiary/aromatic N) is 5. The Kier molecular flexibility index (Phi) is 6.29. The molecule has 0 saturated carbocycles. The number of carbonyl (C=O) groups excluding carboxylic acids is 1. The molecule has 2 aromatic carbocycles. The van der Waals surface area contributed by atoms with Gasteiger partial charge in [0.2, 0.25) is 5.91 Å². The number of halogens is 1. The second-order valence-corrected chi connectivity index (χ2v) is 7.12. The van der Waals surface area contributed by atoms with E-state index in [2.05, 4.69) is 20.6 Å². The fourth-order valence-electron chi connectivity index (χ4n) is 3.31. The predicted octanol–water partition coefficient (Wildman–Crippen LogP) is 1.49. The van der Waals surface area contributed by atoms with Crippen LogP contribution in [0.25, 0.3) is 16.9 Å². The summed E-state index contributed by atoms with van der Waals surface area (Å²) in [7, 11) is 3.12. The molecule has 4 rings (SSSR count). The Morgan fingerprint density at radius 3 is 2.58 bits per heavy atom. The molecule has 2 heterocycles. The number of amides is 1. The topological polar surface area (TPSA) is 113 Å². The Labute approximate surface area is 187 Å². The lowest BCUT2D eigenvalue weighted by molar-refractivity contribution is -0.121. The van der Waals surface area contributed by atoms with Crippen LogP contribution < -0.4 is 20.3 Å². The van der Waals surface area contributed by atoms with Gasteiger partial charge in [0, 0.05) is 6.54 Å². The van der Waals surface area contributed by atoms with Gasteiger partial charge in [0.05, 0.1) is 19.9 Å². The SMILES string of the molecule is COc1ccc(CCNC(=O)Cn2cnc3c(nnn3-c3ccc(F)cc3)c2=O)cc1OC. The molecular formula is C22H21FN6O4. The molecule has 11 heteroatoms. The zero-order valence-corrected chi connectivity index (χ0v) is 18.0. The van der Waals surface area contributed by atoms with E-state index in [1.165, 1.54) is 35.3 Å². The molecular weight excluding hydrogens is 431 g/mol. The van der Waals surface area contributed by atoms with Gasteiger partial charge in [0.15, 0.2) is 22.7 Å². The molecule has 0 aliphatic heterocycles. The minimum atomic E-state index is -0.497. The predicted molar refractivity (Wildman–Crippen MR) is 117 cm³/mol. The average Bonchev–Trinajstić information content (AvgIpc) is 3.26. The van der Waals surface area contributed by atoms with Crippen molar-refractivity contribution in [3.05, 3.63) is 70.5 Å². The first kappa shape index (κ1) is 21.9. The van der Waals surface area contributed by atoms with E-state index in [1.807, 2.05) is 12.1 Å². The molecule has 0 atom stereocenters. The molecule has 170 valence electrons. The van der Waals surface area contributed by atoms with Crippen molar-refractivity contribution < 1.29 is 18.7 Å². The molecule has 4 aromatic rings. The summed E-state index contributed by atoms with van der Waals surface area (Å²) in [5.41, 5.74) is 1.21. The zero-order chi connectivity index (χ0) is 23.4. The van der Waals surface area contributed by atoms with E-state index in [-0.39, 0.29) is 23.6 Å². The second kappa shape index (κ2) is 9.47. The lowest BCUT2D eigenvalue weighted by atomic mass is 10.1. The minimum absolute atomic E-state index is 0.0138. The van der Waals surface area contributed by atoms with Crippen LogP contribution >= 0.6 is 0 Å². The third-order valence-electron chi connectivity index (χ3n) is 5.00. The van der Waals surface area contributed by atoms with E-state index >= 15 is 0 Å². The van der Waals surface area contributed by atoms with Gasteiger partial charge in [0.25, 0.3) is 5.56 Å². The third-order valence-corrected chi connectivity index (χ3v) is 5.00. The van der Waals surface area contributed by atoms with Gasteiger partial charge in [-0.05, 0) is 48.4 Å². The first-order chi connectivity index (χ1) is 16.0. The molecule has 0 radical (unpaired) electrons. The summed E-state index contributed by atoms with van der Waals surface area (Å²) in [6, 6.07) is 11.1. The summed E-state index contributed by atoms with van der Waals surface area (Å²) in [6.45, 7) is 0.163. The van der Waals surface area contributed by atoms with Gasteiger partial charge in [-0.2, -0.15) is 4.68 Å². The number of benzene rings is 2. The van der Waals surface area contributed by atoms with Gasteiger partial charge >= 0.3 is 0 Å². The van der Waals surface area contributed by atoms with Crippen molar-refractivity contribution in [2.45, 2.75) is 13.0 Å². The van der Waals surface area contributed by atoms with E-state index in [1.54, 1.807) is 20.3 Å². The van der Waals surface area contributed by atoms with Crippen LogP contribution in [0.15, 0.2) is 53.6 Å². The van der Waals surface area contributed by atoms with E-state index in [9.17, 15) is 14.0 Å². The smallest absolute Gasteiger partial charge is 0.284 e. The number of methoxy groups -OCH3 is 2. The largest absolute Gasteiger partial charge is 0.493 e. The van der Waals surface area contributed by atoms with Crippen LogP contribution in [0, 0.1) is 5.82 Å². The van der Waals surface area contributed by atoms with Gasteiger partial charge in [-0.1, -0.05) is 11.3 Å². The van der Waals surface area contributed by atoms with Gasteiger partial charge in [-0.3, -0.25) is 14.2 Å². The van der Waals surface area contributed by atoms with Crippen LogP contribution in [0.2, 0.25) is 0 Å². The first-order valence-corrected chi connectivity index (χ1v) is 10.0. The van der Waals surface area contributed by atoms with Gasteiger partial charge in [0.1, 0.15) is 18.7 Å². The second-order valence-electron chi connectivity index (χ2n) is 7.12. The molecule has 10 nitrogen and oxygen atoms in total. The van der Waals surface area contributed by atoms with Crippen molar-refractivity contribution >= 4 is 17.1 Å². The van der Waals surface area contributed by atoms with Crippen LogP contribution in [-0.4, -0.2) is 51.2 Å². The number of rotatable bonds is 8. The number of hydrogen-bond acceptors (Lipinski definition) is 7. The normalized spacial score (nSPS) is 10.9. The molecule has 33 heavy (non-hydrogen) atoms. The van der Waals surface area contributed by atoms with Crippen LogP contribution in [-0.2, 0) is 17.8 Å². The number of carbonyl (C=O) groups is 1. The Balaban J connectivity index is 1.41. The number of fused-ring (bicyclic) bond motifs is 1. The Hall–Kier alpha value is -4.28. The van der Waals surface area contributed by atoms with Gasteiger partial charge in [-0.15, -0.1) is 5.10 Å². The molecule has 0 bridgehead atoms. The minimum Gasteiger partial charge on any atom is -0.493 e. The first-order valence-electron chi connectivity index (χ1n) is 10.0. The zero-order valence-electron chi connectivity index (χ0n) is 18.0. The van der Waals surface area contributed by atoms with E-state index < -0.39 is 11.4 Å². The summed E-state index contributed by atoms with van der Waals surface area (Å²) < 4.78 is 26.2. The van der Waals surface area contributed by atoms with Crippen molar-refractivity contribution in [2.24, 2.45) is 0 Å². The van der Waals surface area contributed by atoms with Crippen molar-refractivity contribution in [1.82, 2.24) is 29.9 Å². The summed E-state index contributed by atoms with van der Waals surface area (Å²) in [5.74, 6) is 0.505. The molecule has 0 saturated heterocycles. The molecule has 0 aliphatic carbocycles. The van der Waals surface area contributed by atoms with Gasteiger partial charge in [-0.25, -0.2) is 9.37 Å². The van der Waals surface area contributed by atoms with Crippen molar-refractivity contribution in [2.75, 3.05) is 20.8 Å². The molecule has 0 spiro atoms. The molecule has 2 aromatic heterocycles. The van der Waals surface area contributed by atoms with Crippen molar-refractivity contribution in [3.8, 4) is 17.2 Å². The molecule has 0 unspecified atom stereocenters. The number of nitrogens with one attached hydrogen (secondary N) is 1. The summed E-state index contributed by atoms with van der Waals surface area (Å²) >= 11 is 0. The maximum absolute atomic E-state index is 13.2. The van der Waals surface area contributed by atoms with Crippen LogP contribution in [0.3, 0.4) is 0 Å². The quantitative estimate of drug-likeness (QED) is 0.431. The number of hydrogen-bond donors (Lipinski definition) is 1. The molecule has 0 aliphatic rings. The lowest BCUT2D eigenvalue weighted by Crippen LogP contribution is -2.33. The Bertz CT molecular complexity index is 1350. The van der Waals surface area contributed by atoms with Crippen molar-refractivity contribution in [3.63, 3.8) is 0 Å². The number of ether oxygens (including phenoxy) is 2. The van der Waals surface area contributed by atoms with Crippen LogP contribution in [0.4, 0.5) is 4.39 Å². The maximum atomic E-state index is 13.2. The summed E-state index contributed by atoms with van der Waals surface area (Å²) in [5, 5.41) is 10.6. The van der Waals surface area contributed by atoms with Crippen LogP contribution in [0.1, 0.15) is 5.56 Å². The summed E-state index contributed by atoms with van der Waals surface area (Å²) in [4.78, 5) is 29.3. The average molecular weight is 452 g/mol. The van der Waals surface area contributed by atoms with Gasteiger partial charge < -0.3 is 14.8 Å². The Morgan fingerprint density at radius 2 is 1.85 bits per heavy atom. The third kappa shape index (κ3) is 4.66. The lowest BCUT2D eigenvalue weighted by Gasteiger charge is -2.10. The monoisotopic (exact) mass is 452 g/mol. The van der Waals surface area contributed by atoms with E-state index in [0.717, 1.165) is 10.1 Å². The molecule has 0 fully saturated rings. The van der Waals surface area contributed by atoms with Crippen molar-refractivity contribution in [1.29, 1.82) is 0 Å². The highest BCUT2D eigenvalue weighted by molar-refractivity contribution is 5.76. The standard InChI is InChI=1S/C22H21FN6O4/c1-32-17-8-3-14(11-18(17)33-2)9-10-24-19(30)12-28-13-25-21-20(22(28)31)26-27-29(21)16-6-4-15(23)5-7-16/h3-8,11,13H,9-10,12H2,1-2H3,(H,24,30). The van der Waals surface area contributed by atoms with Crippen LogP contribution in [0.5, 0.6) is 11.5 Å². The molecule has 1 amide bonds. The fraction of sp³-hybridized carbons (Fsp3) is 0.227. The highest BCUT2D eigenvalue weighted by Crippen LogP contribution is 2.27. The summed E-state index contributed by atoms with van der Waals surface area (Å²) in [6.07, 6.45) is 1.84. The maximum Gasteiger partial charge on any atom is 0.284 e. The highest BCUT2D eigenvalue weighted by atomic mass is 19.1.